The number of carbonyl (C=O) groups is 1. The summed E-state index contributed by atoms with van der Waals surface area (Å²) in [7, 11) is 0. The Kier molecular flexibility index (Phi) is 5.48. The number of rotatable bonds is 4. The van der Waals surface area contributed by atoms with Gasteiger partial charge in [0.05, 0.1) is 23.5 Å². The molecule has 116 valence electrons. The van der Waals surface area contributed by atoms with Crippen LogP contribution in [-0.4, -0.2) is 18.6 Å². The maximum absolute atomic E-state index is 12.1. The number of esters is 1. The van der Waals surface area contributed by atoms with Gasteiger partial charge in [-0.15, -0.1) is 0 Å². The van der Waals surface area contributed by atoms with Gasteiger partial charge < -0.3 is 15.8 Å². The molecule has 4 heteroatoms. The molecule has 0 aromatic heterocycles. The lowest BCUT2D eigenvalue weighted by Gasteiger charge is -2.26. The van der Waals surface area contributed by atoms with Crippen molar-refractivity contribution >= 4 is 17.3 Å². The van der Waals surface area contributed by atoms with E-state index in [0.29, 0.717) is 29.8 Å². The van der Waals surface area contributed by atoms with E-state index in [-0.39, 0.29) is 5.97 Å². The Bertz CT molecular complexity index is 488. The summed E-state index contributed by atoms with van der Waals surface area (Å²) < 4.78 is 5.13. The van der Waals surface area contributed by atoms with Gasteiger partial charge in [0.2, 0.25) is 0 Å². The van der Waals surface area contributed by atoms with Gasteiger partial charge >= 0.3 is 5.97 Å². The fourth-order valence-electron chi connectivity index (χ4n) is 3.00. The average molecular weight is 290 g/mol. The number of anilines is 2. The molecule has 2 atom stereocenters. The normalized spacial score (nSPS) is 22.4. The summed E-state index contributed by atoms with van der Waals surface area (Å²) in [6.45, 7) is 4.45. The molecule has 4 nitrogen and oxygen atoms in total. The van der Waals surface area contributed by atoms with Crippen LogP contribution in [0, 0.1) is 5.92 Å². The Balaban J connectivity index is 2.23. The molecule has 0 saturated heterocycles. The minimum Gasteiger partial charge on any atom is -0.462 e. The minimum atomic E-state index is -0.312. The van der Waals surface area contributed by atoms with Crippen LogP contribution in [-0.2, 0) is 4.74 Å². The lowest BCUT2D eigenvalue weighted by molar-refractivity contribution is 0.0527. The minimum absolute atomic E-state index is 0.312. The van der Waals surface area contributed by atoms with Crippen molar-refractivity contribution in [3.05, 3.63) is 23.8 Å². The van der Waals surface area contributed by atoms with E-state index >= 15 is 0 Å². The largest absolute Gasteiger partial charge is 0.462 e. The highest BCUT2D eigenvalue weighted by Gasteiger charge is 2.23. The van der Waals surface area contributed by atoms with Gasteiger partial charge in [0.25, 0.3) is 0 Å². The zero-order valence-corrected chi connectivity index (χ0v) is 13.0. The smallest absolute Gasteiger partial charge is 0.340 e. The van der Waals surface area contributed by atoms with Gasteiger partial charge in [0.15, 0.2) is 0 Å². The Labute approximate surface area is 127 Å². The van der Waals surface area contributed by atoms with Crippen LogP contribution in [0.25, 0.3) is 0 Å². The van der Waals surface area contributed by atoms with Crippen molar-refractivity contribution in [2.75, 3.05) is 17.7 Å². The van der Waals surface area contributed by atoms with Crippen molar-refractivity contribution in [3.63, 3.8) is 0 Å². The predicted octanol–water partition coefficient (Wildman–Crippen LogP) is 3.83. The second kappa shape index (κ2) is 7.34. The lowest BCUT2D eigenvalue weighted by Crippen LogP contribution is -2.28. The van der Waals surface area contributed by atoms with E-state index in [4.69, 9.17) is 10.5 Å². The summed E-state index contributed by atoms with van der Waals surface area (Å²) in [6.07, 6.45) is 6.15. The third-order valence-electron chi connectivity index (χ3n) is 4.28. The Morgan fingerprint density at radius 2 is 2.10 bits per heavy atom. The molecule has 3 N–H and O–H groups in total. The molecule has 1 aromatic rings. The molecule has 21 heavy (non-hydrogen) atoms. The maximum Gasteiger partial charge on any atom is 0.340 e. The van der Waals surface area contributed by atoms with Crippen LogP contribution in [0.4, 0.5) is 11.4 Å². The van der Waals surface area contributed by atoms with E-state index in [9.17, 15) is 4.79 Å². The molecule has 1 saturated carbocycles. The molecular weight excluding hydrogens is 264 g/mol. The average Bonchev–Trinajstić information content (AvgIpc) is 2.66. The zero-order chi connectivity index (χ0) is 15.2. The third-order valence-corrected chi connectivity index (χ3v) is 4.28. The summed E-state index contributed by atoms with van der Waals surface area (Å²) in [5, 5.41) is 3.52. The van der Waals surface area contributed by atoms with Crippen molar-refractivity contribution in [2.45, 2.75) is 52.0 Å². The van der Waals surface area contributed by atoms with E-state index in [1.807, 2.05) is 13.0 Å². The lowest BCUT2D eigenvalue weighted by atomic mass is 9.96. The molecule has 1 aromatic carbocycles. The van der Waals surface area contributed by atoms with Crippen molar-refractivity contribution < 1.29 is 9.53 Å². The van der Waals surface area contributed by atoms with Crippen molar-refractivity contribution in [1.82, 2.24) is 0 Å². The first-order chi connectivity index (χ1) is 10.1. The molecule has 0 bridgehead atoms. The number of ether oxygens (including phenoxy) is 1. The summed E-state index contributed by atoms with van der Waals surface area (Å²) in [5.41, 5.74) is 7.96. The molecule has 0 aliphatic heterocycles. The highest BCUT2D eigenvalue weighted by Crippen LogP contribution is 2.30. The van der Waals surface area contributed by atoms with Gasteiger partial charge in [-0.1, -0.05) is 32.3 Å². The van der Waals surface area contributed by atoms with E-state index in [0.717, 1.165) is 12.1 Å². The quantitative estimate of drug-likeness (QED) is 0.502. The SMILES string of the molecule is CCOC(=O)c1cccc(N)c1NC1CCCCCC1C. The molecule has 0 amide bonds. The number of hydrogen-bond donors (Lipinski definition) is 2. The zero-order valence-electron chi connectivity index (χ0n) is 13.0. The van der Waals surface area contributed by atoms with Crippen LogP contribution >= 0.6 is 0 Å². The number of nitrogens with two attached hydrogens (primary N) is 1. The summed E-state index contributed by atoms with van der Waals surface area (Å²) in [6, 6.07) is 5.76. The van der Waals surface area contributed by atoms with E-state index in [1.54, 1.807) is 12.1 Å². The van der Waals surface area contributed by atoms with E-state index in [2.05, 4.69) is 12.2 Å². The topological polar surface area (TPSA) is 64.3 Å². The number of nitrogen functional groups attached to an aromatic ring is 1. The van der Waals surface area contributed by atoms with Crippen LogP contribution < -0.4 is 11.1 Å². The fraction of sp³-hybridized carbons (Fsp3) is 0.588. The van der Waals surface area contributed by atoms with Crippen LogP contribution in [0.5, 0.6) is 0 Å². The molecule has 0 spiro atoms. The first-order valence-corrected chi connectivity index (χ1v) is 7.95. The van der Waals surface area contributed by atoms with E-state index < -0.39 is 0 Å². The van der Waals surface area contributed by atoms with Crippen molar-refractivity contribution in [1.29, 1.82) is 0 Å². The number of carbonyl (C=O) groups excluding carboxylic acids is 1. The Hall–Kier alpha value is -1.71. The van der Waals surface area contributed by atoms with Crippen LogP contribution in [0.3, 0.4) is 0 Å². The number of hydrogen-bond acceptors (Lipinski definition) is 4. The van der Waals surface area contributed by atoms with Gasteiger partial charge in [-0.05, 0) is 37.8 Å². The van der Waals surface area contributed by atoms with Gasteiger partial charge in [-0.25, -0.2) is 4.79 Å². The molecular formula is C17H26N2O2. The van der Waals surface area contributed by atoms with Crippen molar-refractivity contribution in [2.24, 2.45) is 5.92 Å². The highest BCUT2D eigenvalue weighted by atomic mass is 16.5. The Morgan fingerprint density at radius 3 is 2.86 bits per heavy atom. The first-order valence-electron chi connectivity index (χ1n) is 7.95. The second-order valence-corrected chi connectivity index (χ2v) is 5.86. The molecule has 1 aliphatic carbocycles. The first kappa shape index (κ1) is 15.7. The van der Waals surface area contributed by atoms with Gasteiger partial charge in [0.1, 0.15) is 0 Å². The summed E-state index contributed by atoms with van der Waals surface area (Å²) >= 11 is 0. The Morgan fingerprint density at radius 1 is 1.33 bits per heavy atom. The predicted molar refractivity (Wildman–Crippen MR) is 86.5 cm³/mol. The van der Waals surface area contributed by atoms with Crippen LogP contribution in [0.1, 0.15) is 56.3 Å². The van der Waals surface area contributed by atoms with Gasteiger partial charge in [-0.3, -0.25) is 0 Å². The molecule has 0 radical (unpaired) electrons. The summed E-state index contributed by atoms with van der Waals surface area (Å²) in [4.78, 5) is 12.1. The van der Waals surface area contributed by atoms with Gasteiger partial charge in [0, 0.05) is 6.04 Å². The highest BCUT2D eigenvalue weighted by molar-refractivity contribution is 5.98. The summed E-state index contributed by atoms with van der Waals surface area (Å²) in [5.74, 6) is 0.274. The molecule has 2 rings (SSSR count). The second-order valence-electron chi connectivity index (χ2n) is 5.86. The number of para-hydroxylation sites is 1. The van der Waals surface area contributed by atoms with E-state index in [1.165, 1.54) is 25.7 Å². The van der Waals surface area contributed by atoms with Gasteiger partial charge in [-0.2, -0.15) is 0 Å². The maximum atomic E-state index is 12.1. The standard InChI is InChI=1S/C17H26N2O2/c1-3-21-17(20)13-9-7-10-14(18)16(13)19-15-11-6-4-5-8-12(15)2/h7,9-10,12,15,19H,3-6,8,11,18H2,1-2H3. The third kappa shape index (κ3) is 3.90. The van der Waals surface area contributed by atoms with Crippen LogP contribution in [0.15, 0.2) is 18.2 Å². The molecule has 1 fully saturated rings. The van der Waals surface area contributed by atoms with Crippen molar-refractivity contribution in [3.8, 4) is 0 Å². The fourth-order valence-corrected chi connectivity index (χ4v) is 3.00. The number of benzene rings is 1. The number of nitrogens with one attached hydrogen (secondary N) is 1. The monoisotopic (exact) mass is 290 g/mol. The molecule has 0 heterocycles. The molecule has 2 unspecified atom stereocenters. The van der Waals surface area contributed by atoms with Crippen LogP contribution in [0.2, 0.25) is 0 Å². The molecule has 1 aliphatic rings.